The minimum absolute atomic E-state index is 0. The predicted octanol–water partition coefficient (Wildman–Crippen LogP) is 11.0. The Bertz CT molecular complexity index is 173. The summed E-state index contributed by atoms with van der Waals surface area (Å²) in [5.74, 6) is 0. The van der Waals surface area contributed by atoms with Gasteiger partial charge in [-0.2, -0.15) is 136 Å². The first-order valence-corrected chi connectivity index (χ1v) is 14.7. The molecule has 0 aromatic heterocycles. The van der Waals surface area contributed by atoms with Crippen LogP contribution < -0.4 is 0 Å². The van der Waals surface area contributed by atoms with Crippen LogP contribution in [0.5, 0.6) is 0 Å². The summed E-state index contributed by atoms with van der Waals surface area (Å²) < 4.78 is 0. The number of rotatable bonds is 10. The van der Waals surface area contributed by atoms with E-state index in [-0.39, 0.29) is 80.0 Å². The zero-order chi connectivity index (χ0) is 34.1. The summed E-state index contributed by atoms with van der Waals surface area (Å²) in [6.07, 6.45) is 0. The molecule has 10 nitrogen and oxygen atoms in total. The summed E-state index contributed by atoms with van der Waals surface area (Å²) in [7, 11) is 17.7. The van der Waals surface area contributed by atoms with Gasteiger partial charge in [0.15, 0.2) is 0 Å². The molecule has 13 heteroatoms. The third kappa shape index (κ3) is 635. The molecule has 0 amide bonds. The van der Waals surface area contributed by atoms with Gasteiger partial charge in [0.25, 0.3) is 0 Å². The minimum atomic E-state index is 0. The van der Waals surface area contributed by atoms with Gasteiger partial charge in [-0.15, -0.1) is 0 Å². The summed E-state index contributed by atoms with van der Waals surface area (Å²) in [5, 5.41) is 37.4. The molecule has 0 fully saturated rings. The maximum absolute atomic E-state index is 3.97. The zero-order valence-corrected chi connectivity index (χ0v) is 39.7. The molecule has 45 heavy (non-hydrogen) atoms. The molecule has 0 atom stereocenters. The van der Waals surface area contributed by atoms with Crippen LogP contribution in [0.2, 0.25) is 0 Å². The van der Waals surface area contributed by atoms with Gasteiger partial charge in [0.2, 0.25) is 0 Å². The second-order valence-electron chi connectivity index (χ2n) is 6.44. The van der Waals surface area contributed by atoms with E-state index in [1.165, 1.54) is 0 Å². The van der Waals surface area contributed by atoms with E-state index < -0.39 is 0 Å². The Morgan fingerprint density at radius 3 is 0.311 bits per heavy atom. The molecule has 0 saturated heterocycles. The molecule has 0 spiro atoms. The molecule has 0 rings (SSSR count). The second kappa shape index (κ2) is 194. The maximum atomic E-state index is 3.97. The standard InChI is InChI=1S/3C4H10N.4C3H8N.3C2H6N.2CH3.3Ti/c3*1-3-5-4-2;4*1-3-4-2;3*1-3-2;;;;;/h3*3-4H2,1-2H3;4*3H2,1-2H3;3*1-2H3;2*1H3;;;/q12*-1;3*+4. The van der Waals surface area contributed by atoms with Gasteiger partial charge in [0.1, 0.15) is 0 Å². The Labute approximate surface area is 336 Å². The Balaban J connectivity index is -0.0000000170. The third-order valence-electron chi connectivity index (χ3n) is 2.61. The van der Waals surface area contributed by atoms with Gasteiger partial charge in [0.05, 0.1) is 0 Å². The Hall–Kier alpha value is 1.74. The van der Waals surface area contributed by atoms with Crippen molar-refractivity contribution in [1.29, 1.82) is 0 Å². The first-order chi connectivity index (χ1) is 19.1. The zero-order valence-electron chi connectivity index (χ0n) is 35.0. The van der Waals surface area contributed by atoms with Crippen LogP contribution in [0.15, 0.2) is 0 Å². The van der Waals surface area contributed by atoms with E-state index in [0.717, 1.165) is 65.4 Å². The van der Waals surface area contributed by atoms with E-state index in [1.807, 2.05) is 69.2 Å². The van der Waals surface area contributed by atoms with E-state index >= 15 is 0 Å². The quantitative estimate of drug-likeness (QED) is 0.155. The van der Waals surface area contributed by atoms with Gasteiger partial charge < -0.3 is 68.0 Å². The Morgan fingerprint density at radius 1 is 0.244 bits per heavy atom. The monoisotopic (exact) mass is 755 g/mol. The SMILES string of the molecule is CC[N-]C.CC[N-]C.CC[N-]C.CC[N-]C.CC[N-]CC.CC[N-]CC.CC[N-]CC.C[N-]C.C[N-]C.C[N-]C.[CH3-].[CH3-].[Ti+4].[Ti+4].[Ti+4]. The van der Waals surface area contributed by atoms with Crippen molar-refractivity contribution in [3.05, 3.63) is 68.0 Å². The Morgan fingerprint density at radius 2 is 0.311 bits per heavy atom. The molecular weight excluding hydrogens is 668 g/mol. The molecule has 0 unspecified atom stereocenters. The van der Waals surface area contributed by atoms with Gasteiger partial charge in [-0.1, -0.05) is 69.2 Å². The van der Waals surface area contributed by atoms with Crippen LogP contribution in [-0.2, 0) is 65.2 Å². The smallest absolute Gasteiger partial charge is 0.668 e. The van der Waals surface area contributed by atoms with E-state index in [4.69, 9.17) is 0 Å². The fraction of sp³-hybridized carbons (Fsp3) is 0.938. The summed E-state index contributed by atoms with van der Waals surface area (Å²) in [5.41, 5.74) is 0. The van der Waals surface area contributed by atoms with Gasteiger partial charge in [-0.25, -0.2) is 0 Å². The summed E-state index contributed by atoms with van der Waals surface area (Å²) in [6.45, 7) is 29.9. The van der Waals surface area contributed by atoms with Crippen molar-refractivity contribution in [3.8, 4) is 0 Å². The van der Waals surface area contributed by atoms with Crippen LogP contribution >= 0.6 is 0 Å². The average molecular weight is 755 g/mol. The van der Waals surface area contributed by atoms with Crippen LogP contribution in [0.3, 0.4) is 0 Å². The molecule has 0 N–H and O–H groups in total. The van der Waals surface area contributed by atoms with Crippen molar-refractivity contribution in [3.63, 3.8) is 0 Å². The third-order valence-corrected chi connectivity index (χ3v) is 2.61. The van der Waals surface area contributed by atoms with E-state index in [9.17, 15) is 0 Å². The molecule has 276 valence electrons. The molecule has 0 radical (unpaired) electrons. The van der Waals surface area contributed by atoms with Crippen LogP contribution in [-0.4, -0.2) is 136 Å². The first kappa shape index (κ1) is 97.1. The molecule has 0 aromatic carbocycles. The number of nitrogens with zero attached hydrogens (tertiary/aromatic N) is 10. The number of hydrogen-bond acceptors (Lipinski definition) is 0. The van der Waals surface area contributed by atoms with Crippen LogP contribution in [0.4, 0.5) is 0 Å². The molecule has 0 aliphatic heterocycles. The van der Waals surface area contributed by atoms with E-state index in [2.05, 4.69) is 53.2 Å². The largest absolute Gasteiger partial charge is 4.00 e. The molecule has 0 saturated carbocycles. The normalized spacial score (nSPS) is 6.67. The van der Waals surface area contributed by atoms with Crippen molar-refractivity contribution in [1.82, 2.24) is 0 Å². The summed E-state index contributed by atoms with van der Waals surface area (Å²) in [4.78, 5) is 0. The van der Waals surface area contributed by atoms with Gasteiger partial charge in [-0.3, -0.25) is 0 Å². The van der Waals surface area contributed by atoms with Crippen molar-refractivity contribution in [2.75, 3.05) is 136 Å². The summed E-state index contributed by atoms with van der Waals surface area (Å²) in [6, 6.07) is 0. The van der Waals surface area contributed by atoms with Crippen LogP contribution in [0.1, 0.15) is 69.2 Å². The molecule has 0 aliphatic rings. The van der Waals surface area contributed by atoms with Crippen molar-refractivity contribution < 1.29 is 65.2 Å². The van der Waals surface area contributed by atoms with E-state index in [0.29, 0.717) is 0 Å². The van der Waals surface area contributed by atoms with E-state index in [1.54, 1.807) is 70.5 Å². The van der Waals surface area contributed by atoms with Crippen LogP contribution in [0, 0.1) is 14.9 Å². The van der Waals surface area contributed by atoms with Gasteiger partial charge >= 0.3 is 65.2 Å². The molecular formula is C32H86N10Ti3. The van der Waals surface area contributed by atoms with Crippen molar-refractivity contribution in [2.24, 2.45) is 0 Å². The topological polar surface area (TPSA) is 141 Å². The fourth-order valence-electron chi connectivity index (χ4n) is 0.671. The molecule has 0 aliphatic carbocycles. The summed E-state index contributed by atoms with van der Waals surface area (Å²) >= 11 is 0. The van der Waals surface area contributed by atoms with Crippen molar-refractivity contribution >= 4 is 0 Å². The minimum Gasteiger partial charge on any atom is -0.668 e. The molecule has 0 heterocycles. The number of hydrogen-bond donors (Lipinski definition) is 0. The first-order valence-electron chi connectivity index (χ1n) is 14.7. The molecule has 0 bridgehead atoms. The van der Waals surface area contributed by atoms with Gasteiger partial charge in [0, 0.05) is 0 Å². The van der Waals surface area contributed by atoms with Gasteiger partial charge in [-0.05, 0) is 0 Å². The Kier molecular flexibility index (Phi) is 418. The average Bonchev–Trinajstić information content (AvgIpc) is 2.97. The second-order valence-corrected chi connectivity index (χ2v) is 6.44. The van der Waals surface area contributed by atoms with Crippen LogP contribution in [0.25, 0.3) is 53.2 Å². The fourth-order valence-corrected chi connectivity index (χ4v) is 0.671. The molecule has 0 aromatic rings. The predicted molar refractivity (Wildman–Crippen MR) is 211 cm³/mol. The maximum Gasteiger partial charge on any atom is 4.00 e. The van der Waals surface area contributed by atoms with Crippen molar-refractivity contribution in [2.45, 2.75) is 69.2 Å².